The molecular weight excluding hydrogens is 824 g/mol. The Morgan fingerprint density at radius 2 is 1.40 bits per heavy atom. The Morgan fingerprint density at radius 1 is 0.635 bits per heavy atom. The summed E-state index contributed by atoms with van der Waals surface area (Å²) in [5.41, 5.74) is 8.85. The number of fused-ring (bicyclic) bond motifs is 6. The molecule has 0 atom stereocenters. The second-order valence-corrected chi connectivity index (χ2v) is 12.7. The van der Waals surface area contributed by atoms with Gasteiger partial charge in [-0.2, -0.15) is 18.8 Å². The van der Waals surface area contributed by atoms with Crippen LogP contribution in [0, 0.1) is 18.8 Å². The standard InChI is InChI=1S/C45H29N4O2.Pt/c1-47-28-42(31-13-6-3-7-14-31)48(29-47)33-15-10-16-34(24-33)50-35-20-21-36-38-23-32(30-11-4-2-5-12-30)19-22-40(38)49(41(36)25-35)45-26-44-39(27-46-45)37-17-8-9-18-43(37)51-44;/h2-23,26-29H,1H3;/q-3;. The van der Waals surface area contributed by atoms with Crippen LogP contribution in [0.3, 0.4) is 0 Å². The Balaban J connectivity index is 0.00000360. The van der Waals surface area contributed by atoms with Gasteiger partial charge in [-0.05, 0) is 47.5 Å². The van der Waals surface area contributed by atoms with Crippen molar-refractivity contribution in [2.45, 2.75) is 0 Å². The summed E-state index contributed by atoms with van der Waals surface area (Å²) in [7, 11) is 2.02. The van der Waals surface area contributed by atoms with E-state index in [1.165, 1.54) is 0 Å². The largest absolute Gasteiger partial charge is 0.510 e. The maximum absolute atomic E-state index is 6.51. The molecule has 0 amide bonds. The quantitative estimate of drug-likeness (QED) is 0.156. The van der Waals surface area contributed by atoms with Crippen molar-refractivity contribution in [3.05, 3.63) is 176 Å². The van der Waals surface area contributed by atoms with Crippen LogP contribution in [0.4, 0.5) is 5.69 Å². The van der Waals surface area contributed by atoms with Crippen molar-refractivity contribution in [3.63, 3.8) is 0 Å². The van der Waals surface area contributed by atoms with Crippen molar-refractivity contribution in [1.29, 1.82) is 0 Å². The molecule has 4 heterocycles. The van der Waals surface area contributed by atoms with Crippen molar-refractivity contribution in [3.8, 4) is 28.4 Å². The van der Waals surface area contributed by atoms with Crippen LogP contribution in [0.1, 0.15) is 5.56 Å². The number of anilines is 1. The summed E-state index contributed by atoms with van der Waals surface area (Å²) >= 11 is 0. The number of aromatic nitrogens is 2. The molecule has 0 radical (unpaired) electrons. The first-order valence-electron chi connectivity index (χ1n) is 16.8. The number of benzene rings is 6. The molecule has 1 aliphatic rings. The topological polar surface area (TPSA) is 46.7 Å². The Kier molecular flexibility index (Phi) is 7.90. The van der Waals surface area contributed by atoms with Gasteiger partial charge in [-0.1, -0.05) is 96.5 Å². The number of furan rings is 1. The second kappa shape index (κ2) is 12.9. The van der Waals surface area contributed by atoms with Gasteiger partial charge in [0.1, 0.15) is 17.0 Å². The second-order valence-electron chi connectivity index (χ2n) is 12.7. The molecule has 0 bridgehead atoms. The minimum absolute atomic E-state index is 0. The molecule has 7 heteroatoms. The molecule has 0 saturated heterocycles. The van der Waals surface area contributed by atoms with Crippen molar-refractivity contribution >= 4 is 55.1 Å². The Bertz CT molecular complexity index is 2790. The Hall–Kier alpha value is -6.10. The van der Waals surface area contributed by atoms with E-state index in [0.29, 0.717) is 11.5 Å². The van der Waals surface area contributed by atoms with Crippen LogP contribution in [-0.2, 0) is 21.1 Å². The molecule has 6 aromatic carbocycles. The van der Waals surface area contributed by atoms with Gasteiger partial charge in [0.25, 0.3) is 0 Å². The van der Waals surface area contributed by atoms with E-state index < -0.39 is 0 Å². The Morgan fingerprint density at radius 3 is 2.25 bits per heavy atom. The van der Waals surface area contributed by atoms with Gasteiger partial charge in [0.15, 0.2) is 0 Å². The van der Waals surface area contributed by atoms with Crippen LogP contribution in [-0.4, -0.2) is 21.5 Å². The third-order valence-electron chi connectivity index (χ3n) is 9.42. The van der Waals surface area contributed by atoms with Gasteiger partial charge in [0.05, 0.1) is 0 Å². The first-order chi connectivity index (χ1) is 25.2. The minimum Gasteiger partial charge on any atom is -0.510 e. The van der Waals surface area contributed by atoms with E-state index in [9.17, 15) is 0 Å². The zero-order valence-electron chi connectivity index (χ0n) is 27.9. The van der Waals surface area contributed by atoms with Gasteiger partial charge in [-0.15, -0.1) is 41.4 Å². The average molecular weight is 853 g/mol. The summed E-state index contributed by atoms with van der Waals surface area (Å²) < 4.78 is 14.9. The zero-order valence-corrected chi connectivity index (χ0v) is 30.2. The van der Waals surface area contributed by atoms with Crippen LogP contribution < -0.4 is 9.64 Å². The van der Waals surface area contributed by atoms with Crippen molar-refractivity contribution in [2.75, 3.05) is 11.9 Å². The fraction of sp³-hybridized carbons (Fsp3) is 0.0222. The van der Waals surface area contributed by atoms with Crippen LogP contribution >= 0.6 is 0 Å². The molecule has 0 aliphatic carbocycles. The number of ether oxygens (including phenoxy) is 1. The van der Waals surface area contributed by atoms with E-state index in [0.717, 1.165) is 77.6 Å². The van der Waals surface area contributed by atoms with Gasteiger partial charge in [0.2, 0.25) is 0 Å². The van der Waals surface area contributed by atoms with Crippen molar-refractivity contribution in [1.82, 2.24) is 14.5 Å². The molecule has 10 rings (SSSR count). The number of hydrogen-bond acceptors (Lipinski definition) is 5. The number of rotatable bonds is 6. The Labute approximate surface area is 315 Å². The van der Waals surface area contributed by atoms with E-state index in [1.807, 2.05) is 97.6 Å². The number of para-hydroxylation sites is 1. The van der Waals surface area contributed by atoms with E-state index in [1.54, 1.807) is 0 Å². The average Bonchev–Trinajstić information content (AvgIpc) is 3.86. The fourth-order valence-electron chi connectivity index (χ4n) is 7.07. The van der Waals surface area contributed by atoms with Gasteiger partial charge in [-0.25, -0.2) is 4.98 Å². The molecule has 0 unspecified atom stereocenters. The fourth-order valence-corrected chi connectivity index (χ4v) is 7.07. The van der Waals surface area contributed by atoms with Gasteiger partial charge < -0.3 is 23.5 Å². The third kappa shape index (κ3) is 5.44. The summed E-state index contributed by atoms with van der Waals surface area (Å²) in [6.45, 7) is 2.05. The van der Waals surface area contributed by atoms with E-state index >= 15 is 0 Å². The monoisotopic (exact) mass is 852 g/mol. The molecule has 0 spiro atoms. The predicted octanol–water partition coefficient (Wildman–Crippen LogP) is 11.0. The van der Waals surface area contributed by atoms with Crippen LogP contribution in [0.2, 0.25) is 0 Å². The third-order valence-corrected chi connectivity index (χ3v) is 9.42. The predicted molar refractivity (Wildman–Crippen MR) is 204 cm³/mol. The van der Waals surface area contributed by atoms with Crippen molar-refractivity contribution in [2.24, 2.45) is 0 Å². The van der Waals surface area contributed by atoms with E-state index in [-0.39, 0.29) is 21.1 Å². The minimum atomic E-state index is 0. The summed E-state index contributed by atoms with van der Waals surface area (Å²) in [5, 5.41) is 4.18. The summed E-state index contributed by atoms with van der Waals surface area (Å²) in [5.74, 6) is 1.91. The SMILES string of the molecule is CN1C=C(c2ccccc2)N(c2[c-]c(Oc3[c-]c4c(cc3)c3cc(-c5ccccc5)ccc3n4-c3cc4oc5ccccc5c4cn3)ccc2)[CH-]1.[Pt]. The number of hydrogen-bond donors (Lipinski definition) is 0. The molecular formula is C45H29N4O2Pt-3. The summed E-state index contributed by atoms with van der Waals surface area (Å²) in [6, 6.07) is 54.6. The molecule has 3 aromatic heterocycles. The molecule has 254 valence electrons. The first kappa shape index (κ1) is 31.8. The zero-order chi connectivity index (χ0) is 33.9. The maximum atomic E-state index is 6.51. The number of pyridine rings is 1. The number of nitrogens with zero attached hydrogens (tertiary/aromatic N) is 4. The molecule has 0 saturated carbocycles. The summed E-state index contributed by atoms with van der Waals surface area (Å²) in [6.07, 6.45) is 4.01. The molecule has 1 aliphatic heterocycles. The molecule has 0 N–H and O–H groups in total. The summed E-state index contributed by atoms with van der Waals surface area (Å²) in [4.78, 5) is 9.15. The van der Waals surface area contributed by atoms with Gasteiger partial charge in [-0.3, -0.25) is 0 Å². The van der Waals surface area contributed by atoms with Crippen LogP contribution in [0.5, 0.6) is 11.5 Å². The molecule has 0 fully saturated rings. The van der Waals surface area contributed by atoms with Crippen LogP contribution in [0.25, 0.3) is 66.4 Å². The smallest absolute Gasteiger partial charge is 0.140 e. The van der Waals surface area contributed by atoms with E-state index in [2.05, 4.69) is 94.5 Å². The normalized spacial score (nSPS) is 12.9. The maximum Gasteiger partial charge on any atom is 0.140 e. The van der Waals surface area contributed by atoms with E-state index in [4.69, 9.17) is 14.1 Å². The molecule has 9 aromatic rings. The van der Waals surface area contributed by atoms with Gasteiger partial charge >= 0.3 is 0 Å². The van der Waals surface area contributed by atoms with Crippen LogP contribution in [0.15, 0.2) is 156 Å². The van der Waals surface area contributed by atoms with Gasteiger partial charge in [0, 0.05) is 66.8 Å². The molecule has 52 heavy (non-hydrogen) atoms. The van der Waals surface area contributed by atoms with Crippen molar-refractivity contribution < 1.29 is 30.2 Å². The first-order valence-corrected chi connectivity index (χ1v) is 16.8. The molecule has 6 nitrogen and oxygen atoms in total.